The molecule has 0 radical (unpaired) electrons. The van der Waals surface area contributed by atoms with E-state index in [4.69, 9.17) is 0 Å². The van der Waals surface area contributed by atoms with Gasteiger partial charge in [0.2, 0.25) is 0 Å². The van der Waals surface area contributed by atoms with E-state index in [9.17, 15) is 19.4 Å². The summed E-state index contributed by atoms with van der Waals surface area (Å²) in [6.45, 7) is 3.80. The van der Waals surface area contributed by atoms with Crippen molar-refractivity contribution in [3.8, 4) is 11.5 Å². The fourth-order valence-corrected chi connectivity index (χ4v) is 2.21. The maximum Gasteiger partial charge on any atom is 0.258 e. The Morgan fingerprint density at radius 1 is 1.09 bits per heavy atom. The molecule has 0 aliphatic heterocycles. The first-order chi connectivity index (χ1) is 10.3. The maximum atomic E-state index is 12.9. The first-order valence-electron chi connectivity index (χ1n) is 6.90. The highest BCUT2D eigenvalue weighted by molar-refractivity contribution is 6.06. The number of benzene rings is 2. The lowest BCUT2D eigenvalue weighted by Gasteiger charge is -2.21. The highest BCUT2D eigenvalue weighted by Gasteiger charge is 2.19. The van der Waals surface area contributed by atoms with Crippen molar-refractivity contribution in [3.63, 3.8) is 0 Å². The smallest absolute Gasteiger partial charge is 0.258 e. The molecule has 0 heterocycles. The number of hydrogen-bond acceptors (Lipinski definition) is 3. The van der Waals surface area contributed by atoms with E-state index in [0.29, 0.717) is 11.1 Å². The van der Waals surface area contributed by atoms with Gasteiger partial charge in [-0.1, -0.05) is 13.8 Å². The van der Waals surface area contributed by atoms with E-state index >= 15 is 0 Å². The van der Waals surface area contributed by atoms with Crippen molar-refractivity contribution in [3.05, 3.63) is 53.3 Å². The third-order valence-corrected chi connectivity index (χ3v) is 3.50. The summed E-state index contributed by atoms with van der Waals surface area (Å²) in [4.78, 5) is 13.7. The number of carbonyl (C=O) groups excluding carboxylic acids is 1. The van der Waals surface area contributed by atoms with E-state index in [1.54, 1.807) is 6.07 Å². The molecule has 5 heteroatoms. The van der Waals surface area contributed by atoms with Crippen LogP contribution in [0.2, 0.25) is 0 Å². The molecule has 0 bridgehead atoms. The Balaban J connectivity index is 2.40. The highest BCUT2D eigenvalue weighted by atomic mass is 19.1. The van der Waals surface area contributed by atoms with Gasteiger partial charge in [-0.15, -0.1) is 0 Å². The van der Waals surface area contributed by atoms with Crippen LogP contribution in [0.3, 0.4) is 0 Å². The summed E-state index contributed by atoms with van der Waals surface area (Å²) in [5.74, 6) is -0.975. The predicted molar refractivity (Wildman–Crippen MR) is 83.0 cm³/mol. The average molecular weight is 303 g/mol. The Labute approximate surface area is 128 Å². The second kappa shape index (κ2) is 6.05. The van der Waals surface area contributed by atoms with Gasteiger partial charge in [0, 0.05) is 18.7 Å². The van der Waals surface area contributed by atoms with Crippen LogP contribution in [-0.4, -0.2) is 23.2 Å². The molecule has 0 fully saturated rings. The van der Waals surface area contributed by atoms with Gasteiger partial charge in [0.1, 0.15) is 17.3 Å². The molecule has 0 aliphatic rings. The van der Waals surface area contributed by atoms with Crippen LogP contribution in [0.15, 0.2) is 36.4 Å². The lowest BCUT2D eigenvalue weighted by molar-refractivity contribution is 0.0992. The Bertz CT molecular complexity index is 696. The number of phenolic OH excluding ortho intramolecular Hbond substituents is 2. The third kappa shape index (κ3) is 3.03. The molecule has 0 aliphatic carbocycles. The first-order valence-corrected chi connectivity index (χ1v) is 6.90. The van der Waals surface area contributed by atoms with Gasteiger partial charge >= 0.3 is 0 Å². The van der Waals surface area contributed by atoms with Gasteiger partial charge in [-0.05, 0) is 41.8 Å². The summed E-state index contributed by atoms with van der Waals surface area (Å²) < 4.78 is 12.9. The zero-order valence-electron chi connectivity index (χ0n) is 12.7. The Hall–Kier alpha value is -2.56. The number of nitrogens with zero attached hydrogens (tertiary/aromatic N) is 1. The standard InChI is InChI=1S/C17H18FNO3/c1-10(2)13-8-14(16(21)9-15(13)20)19(3)17(22)11-4-6-12(18)7-5-11/h4-10,20-21H,1-3H3. The molecule has 0 saturated carbocycles. The fourth-order valence-electron chi connectivity index (χ4n) is 2.21. The van der Waals surface area contributed by atoms with E-state index < -0.39 is 5.82 Å². The molecule has 116 valence electrons. The summed E-state index contributed by atoms with van der Waals surface area (Å²) >= 11 is 0. The van der Waals surface area contributed by atoms with Crippen molar-refractivity contribution >= 4 is 11.6 Å². The average Bonchev–Trinajstić information content (AvgIpc) is 2.46. The van der Waals surface area contributed by atoms with Crippen LogP contribution in [0.5, 0.6) is 11.5 Å². The molecule has 1 amide bonds. The van der Waals surface area contributed by atoms with Gasteiger partial charge in [-0.3, -0.25) is 4.79 Å². The van der Waals surface area contributed by atoms with Crippen LogP contribution in [0.1, 0.15) is 35.7 Å². The van der Waals surface area contributed by atoms with Crippen molar-refractivity contribution in [2.24, 2.45) is 0 Å². The lowest BCUT2D eigenvalue weighted by Crippen LogP contribution is -2.26. The number of carbonyl (C=O) groups is 1. The quantitative estimate of drug-likeness (QED) is 0.910. The monoisotopic (exact) mass is 303 g/mol. The Morgan fingerprint density at radius 2 is 1.68 bits per heavy atom. The number of halogens is 1. The largest absolute Gasteiger partial charge is 0.508 e. The molecule has 0 spiro atoms. The molecular formula is C17H18FNO3. The van der Waals surface area contributed by atoms with Crippen molar-refractivity contribution in [1.82, 2.24) is 0 Å². The fraction of sp³-hybridized carbons (Fsp3) is 0.235. The van der Waals surface area contributed by atoms with Gasteiger partial charge in [-0.25, -0.2) is 4.39 Å². The summed E-state index contributed by atoms with van der Waals surface area (Å²) in [6.07, 6.45) is 0. The number of amides is 1. The minimum Gasteiger partial charge on any atom is -0.508 e. The van der Waals surface area contributed by atoms with Crippen LogP contribution in [-0.2, 0) is 0 Å². The molecule has 2 aromatic rings. The summed E-state index contributed by atoms with van der Waals surface area (Å²) in [5.41, 5.74) is 1.23. The SMILES string of the molecule is CC(C)c1cc(N(C)C(=O)c2ccc(F)cc2)c(O)cc1O. The van der Waals surface area contributed by atoms with Crippen LogP contribution in [0.4, 0.5) is 10.1 Å². The maximum absolute atomic E-state index is 12.9. The first kappa shape index (κ1) is 15.8. The second-order valence-corrected chi connectivity index (χ2v) is 5.43. The predicted octanol–water partition coefficient (Wildman–Crippen LogP) is 3.64. The Morgan fingerprint density at radius 3 is 2.23 bits per heavy atom. The molecule has 2 rings (SSSR count). The van der Waals surface area contributed by atoms with E-state index in [1.165, 1.54) is 42.3 Å². The summed E-state index contributed by atoms with van der Waals surface area (Å²) in [5, 5.41) is 19.8. The molecule has 22 heavy (non-hydrogen) atoms. The molecule has 0 aromatic heterocycles. The summed E-state index contributed by atoms with van der Waals surface area (Å²) in [7, 11) is 1.52. The van der Waals surface area contributed by atoms with E-state index in [-0.39, 0.29) is 29.0 Å². The topological polar surface area (TPSA) is 60.8 Å². The molecule has 0 unspecified atom stereocenters. The number of rotatable bonds is 3. The molecule has 4 nitrogen and oxygen atoms in total. The van der Waals surface area contributed by atoms with Crippen LogP contribution in [0, 0.1) is 5.82 Å². The molecule has 2 N–H and O–H groups in total. The van der Waals surface area contributed by atoms with Gasteiger partial charge in [0.15, 0.2) is 0 Å². The van der Waals surface area contributed by atoms with E-state index in [1.807, 2.05) is 13.8 Å². The Kier molecular flexibility index (Phi) is 4.35. The van der Waals surface area contributed by atoms with Gasteiger partial charge in [0.25, 0.3) is 5.91 Å². The normalized spacial score (nSPS) is 10.8. The number of hydrogen-bond donors (Lipinski definition) is 2. The zero-order valence-corrected chi connectivity index (χ0v) is 12.7. The van der Waals surface area contributed by atoms with Gasteiger partial charge < -0.3 is 15.1 Å². The van der Waals surface area contributed by atoms with E-state index in [2.05, 4.69) is 0 Å². The number of anilines is 1. The van der Waals surface area contributed by atoms with Gasteiger partial charge in [-0.2, -0.15) is 0 Å². The van der Waals surface area contributed by atoms with Crippen molar-refractivity contribution in [2.45, 2.75) is 19.8 Å². The molecule has 0 atom stereocenters. The van der Waals surface area contributed by atoms with Crippen LogP contribution in [0.25, 0.3) is 0 Å². The number of phenols is 2. The van der Waals surface area contributed by atoms with Crippen LogP contribution < -0.4 is 4.90 Å². The lowest BCUT2D eigenvalue weighted by atomic mass is 10.0. The molecular weight excluding hydrogens is 285 g/mol. The minimum atomic E-state index is -0.422. The van der Waals surface area contributed by atoms with Crippen LogP contribution >= 0.6 is 0 Å². The molecule has 0 saturated heterocycles. The number of aromatic hydroxyl groups is 2. The van der Waals surface area contributed by atoms with Crippen molar-refractivity contribution in [2.75, 3.05) is 11.9 Å². The minimum absolute atomic E-state index is 0.0149. The second-order valence-electron chi connectivity index (χ2n) is 5.43. The molecule has 2 aromatic carbocycles. The van der Waals surface area contributed by atoms with Gasteiger partial charge in [0.05, 0.1) is 5.69 Å². The summed E-state index contributed by atoms with van der Waals surface area (Å²) in [6, 6.07) is 7.98. The zero-order chi connectivity index (χ0) is 16.4. The third-order valence-electron chi connectivity index (χ3n) is 3.50. The highest BCUT2D eigenvalue weighted by Crippen LogP contribution is 2.37. The van der Waals surface area contributed by atoms with E-state index in [0.717, 1.165) is 0 Å². The van der Waals surface area contributed by atoms with Crippen molar-refractivity contribution in [1.29, 1.82) is 0 Å². The van der Waals surface area contributed by atoms with Crippen molar-refractivity contribution < 1.29 is 19.4 Å².